The van der Waals surface area contributed by atoms with Gasteiger partial charge in [0.15, 0.2) is 0 Å². The number of aromatic hydroxyl groups is 1. The summed E-state index contributed by atoms with van der Waals surface area (Å²) >= 11 is 0. The largest absolute Gasteiger partial charge is 0.508 e. The number of benzene rings is 2. The third-order valence-corrected chi connectivity index (χ3v) is 5.65. The van der Waals surface area contributed by atoms with E-state index in [-0.39, 0.29) is 30.0 Å². The highest BCUT2D eigenvalue weighted by Crippen LogP contribution is 2.35. The molecular weight excluding hydrogens is 358 g/mol. The van der Waals surface area contributed by atoms with Crippen LogP contribution in [0.3, 0.4) is 0 Å². The summed E-state index contributed by atoms with van der Waals surface area (Å²) in [4.78, 5) is 15.0. The van der Waals surface area contributed by atoms with Crippen molar-refractivity contribution in [3.05, 3.63) is 65.2 Å². The molecule has 3 nitrogen and oxygen atoms in total. The van der Waals surface area contributed by atoms with Crippen LogP contribution in [-0.4, -0.2) is 29.0 Å². The Hall–Kier alpha value is -2.00. The minimum absolute atomic E-state index is 0. The van der Waals surface area contributed by atoms with Crippen LogP contribution >= 0.6 is 12.4 Å². The Kier molecular flexibility index (Phi) is 7.73. The molecule has 1 aliphatic carbocycles. The minimum Gasteiger partial charge on any atom is -0.508 e. The maximum atomic E-state index is 13.0. The number of halogens is 1. The number of carbonyl (C=O) groups is 1. The van der Waals surface area contributed by atoms with Crippen molar-refractivity contribution in [1.82, 2.24) is 4.90 Å². The molecule has 1 saturated carbocycles. The lowest BCUT2D eigenvalue weighted by atomic mass is 9.86. The first-order valence-electron chi connectivity index (χ1n) is 9.66. The molecule has 1 aliphatic rings. The van der Waals surface area contributed by atoms with Gasteiger partial charge >= 0.3 is 0 Å². The molecule has 0 aromatic heterocycles. The first kappa shape index (κ1) is 21.3. The molecule has 2 aromatic carbocycles. The second kappa shape index (κ2) is 9.80. The van der Waals surface area contributed by atoms with Crippen LogP contribution < -0.4 is 0 Å². The molecule has 1 atom stereocenters. The Labute approximate surface area is 168 Å². The fourth-order valence-electron chi connectivity index (χ4n) is 4.04. The van der Waals surface area contributed by atoms with E-state index < -0.39 is 0 Å². The Bertz CT molecular complexity index is 741. The smallest absolute Gasteiger partial charge is 0.223 e. The number of hydrogen-bond donors (Lipinski definition) is 1. The Morgan fingerprint density at radius 2 is 1.78 bits per heavy atom. The van der Waals surface area contributed by atoms with Crippen molar-refractivity contribution in [2.75, 3.05) is 7.05 Å². The van der Waals surface area contributed by atoms with Gasteiger partial charge in [0.2, 0.25) is 5.91 Å². The first-order chi connectivity index (χ1) is 12.6. The Morgan fingerprint density at radius 3 is 2.44 bits per heavy atom. The van der Waals surface area contributed by atoms with Crippen LogP contribution in [0.25, 0.3) is 0 Å². The normalized spacial score (nSPS) is 15.6. The molecule has 0 spiro atoms. The average Bonchev–Trinajstić information content (AvgIpc) is 2.68. The highest BCUT2D eigenvalue weighted by molar-refractivity contribution is 5.85. The van der Waals surface area contributed by atoms with Gasteiger partial charge in [-0.3, -0.25) is 4.79 Å². The summed E-state index contributed by atoms with van der Waals surface area (Å²) in [5.74, 6) is 0.291. The standard InChI is InChI=1S/C23H29NO2.ClH/c1-17-13-14-22(25)21(15-17)20(18-9-5-3-6-10-18)16-23(26)24(2)19-11-7-4-8-12-19;/h3,5-6,9-10,13-15,19-20,25H,4,7-8,11-12,16H2,1-2H3;1H. The predicted molar refractivity (Wildman–Crippen MR) is 113 cm³/mol. The minimum atomic E-state index is -0.130. The van der Waals surface area contributed by atoms with Crippen molar-refractivity contribution in [2.24, 2.45) is 0 Å². The van der Waals surface area contributed by atoms with Gasteiger partial charge < -0.3 is 10.0 Å². The summed E-state index contributed by atoms with van der Waals surface area (Å²) in [5.41, 5.74) is 2.99. The highest BCUT2D eigenvalue weighted by Gasteiger charge is 2.27. The number of amides is 1. The number of nitrogens with zero attached hydrogens (tertiary/aromatic N) is 1. The van der Waals surface area contributed by atoms with Crippen LogP contribution in [0.2, 0.25) is 0 Å². The summed E-state index contributed by atoms with van der Waals surface area (Å²) in [6, 6.07) is 16.0. The van der Waals surface area contributed by atoms with E-state index in [4.69, 9.17) is 0 Å². The highest BCUT2D eigenvalue weighted by atomic mass is 35.5. The van der Waals surface area contributed by atoms with Crippen molar-refractivity contribution in [3.63, 3.8) is 0 Å². The monoisotopic (exact) mass is 387 g/mol. The molecule has 1 unspecified atom stereocenters. The van der Waals surface area contributed by atoms with E-state index in [1.54, 1.807) is 6.07 Å². The van der Waals surface area contributed by atoms with Gasteiger partial charge in [0, 0.05) is 31.0 Å². The number of rotatable bonds is 5. The number of hydrogen-bond acceptors (Lipinski definition) is 2. The number of carbonyl (C=O) groups excluding carboxylic acids is 1. The van der Waals surface area contributed by atoms with E-state index in [0.29, 0.717) is 12.5 Å². The van der Waals surface area contributed by atoms with Crippen LogP contribution in [0.15, 0.2) is 48.5 Å². The Balaban J connectivity index is 0.00000261. The van der Waals surface area contributed by atoms with Crippen molar-refractivity contribution in [3.8, 4) is 5.75 Å². The summed E-state index contributed by atoms with van der Waals surface area (Å²) in [7, 11) is 1.94. The maximum absolute atomic E-state index is 13.0. The molecule has 0 heterocycles. The van der Waals surface area contributed by atoms with Gasteiger partial charge in [-0.1, -0.05) is 67.3 Å². The van der Waals surface area contributed by atoms with Gasteiger partial charge in [0.1, 0.15) is 5.75 Å². The summed E-state index contributed by atoms with van der Waals surface area (Å²) in [5, 5.41) is 10.4. The number of aryl methyl sites for hydroxylation is 1. The molecule has 4 heteroatoms. The lowest BCUT2D eigenvalue weighted by Crippen LogP contribution is -2.38. The second-order valence-corrected chi connectivity index (χ2v) is 7.53. The van der Waals surface area contributed by atoms with E-state index in [1.807, 2.05) is 61.3 Å². The molecule has 1 N–H and O–H groups in total. The zero-order chi connectivity index (χ0) is 18.5. The van der Waals surface area contributed by atoms with Gasteiger partial charge in [-0.2, -0.15) is 0 Å². The third kappa shape index (κ3) is 5.26. The van der Waals surface area contributed by atoms with Crippen LogP contribution in [0.4, 0.5) is 0 Å². The zero-order valence-corrected chi connectivity index (χ0v) is 17.0. The summed E-state index contributed by atoms with van der Waals surface area (Å²) in [6.07, 6.45) is 6.30. The molecule has 0 radical (unpaired) electrons. The van der Waals surface area contributed by atoms with E-state index in [9.17, 15) is 9.90 Å². The first-order valence-corrected chi connectivity index (χ1v) is 9.66. The maximum Gasteiger partial charge on any atom is 0.223 e. The fourth-order valence-corrected chi connectivity index (χ4v) is 4.04. The van der Waals surface area contributed by atoms with Gasteiger partial charge in [-0.25, -0.2) is 0 Å². The average molecular weight is 388 g/mol. The molecule has 3 rings (SSSR count). The van der Waals surface area contributed by atoms with E-state index in [0.717, 1.165) is 29.5 Å². The van der Waals surface area contributed by atoms with Crippen LogP contribution in [0.1, 0.15) is 61.1 Å². The van der Waals surface area contributed by atoms with Gasteiger partial charge in [0.05, 0.1) is 0 Å². The predicted octanol–water partition coefficient (Wildman–Crippen LogP) is 5.44. The molecule has 2 aromatic rings. The van der Waals surface area contributed by atoms with Crippen molar-refractivity contribution in [2.45, 2.75) is 57.4 Å². The molecule has 1 fully saturated rings. The topological polar surface area (TPSA) is 40.5 Å². The SMILES string of the molecule is Cc1ccc(O)c(C(CC(=O)N(C)C2CCCCC2)c2ccccc2)c1.Cl. The molecule has 146 valence electrons. The van der Waals surface area contributed by atoms with Crippen LogP contribution in [0, 0.1) is 6.92 Å². The van der Waals surface area contributed by atoms with Crippen LogP contribution in [0.5, 0.6) is 5.75 Å². The van der Waals surface area contributed by atoms with Crippen molar-refractivity contribution < 1.29 is 9.90 Å². The number of phenolic OH excluding ortho intramolecular Hbond substituents is 1. The zero-order valence-electron chi connectivity index (χ0n) is 16.2. The number of phenols is 1. The quantitative estimate of drug-likeness (QED) is 0.742. The molecule has 0 bridgehead atoms. The lowest BCUT2D eigenvalue weighted by Gasteiger charge is -2.32. The van der Waals surface area contributed by atoms with E-state index >= 15 is 0 Å². The molecule has 27 heavy (non-hydrogen) atoms. The van der Waals surface area contributed by atoms with Crippen molar-refractivity contribution in [1.29, 1.82) is 0 Å². The molecule has 0 aliphatic heterocycles. The molecule has 0 saturated heterocycles. The third-order valence-electron chi connectivity index (χ3n) is 5.65. The van der Waals surface area contributed by atoms with Crippen LogP contribution in [-0.2, 0) is 4.79 Å². The fraction of sp³-hybridized carbons (Fsp3) is 0.435. The van der Waals surface area contributed by atoms with Gasteiger partial charge in [-0.15, -0.1) is 12.4 Å². The van der Waals surface area contributed by atoms with Gasteiger partial charge in [0.25, 0.3) is 0 Å². The molecule has 1 amide bonds. The second-order valence-electron chi connectivity index (χ2n) is 7.53. The molecular formula is C23H30ClNO2. The Morgan fingerprint density at radius 1 is 1.11 bits per heavy atom. The van der Waals surface area contributed by atoms with E-state index in [2.05, 4.69) is 0 Å². The van der Waals surface area contributed by atoms with Crippen molar-refractivity contribution >= 4 is 18.3 Å². The lowest BCUT2D eigenvalue weighted by molar-refractivity contribution is -0.132. The summed E-state index contributed by atoms with van der Waals surface area (Å²) in [6.45, 7) is 2.01. The van der Waals surface area contributed by atoms with Gasteiger partial charge in [-0.05, 0) is 31.4 Å². The summed E-state index contributed by atoms with van der Waals surface area (Å²) < 4.78 is 0. The van der Waals surface area contributed by atoms with E-state index in [1.165, 1.54) is 19.3 Å².